The Hall–Kier alpha value is -1.39. The van der Waals surface area contributed by atoms with Gasteiger partial charge in [0.15, 0.2) is 0 Å². The zero-order valence-corrected chi connectivity index (χ0v) is 12.8. The van der Waals surface area contributed by atoms with E-state index < -0.39 is 0 Å². The summed E-state index contributed by atoms with van der Waals surface area (Å²) in [6.07, 6.45) is 5.33. The van der Waals surface area contributed by atoms with Gasteiger partial charge in [-0.2, -0.15) is 0 Å². The number of rotatable bonds is 4. The van der Waals surface area contributed by atoms with Crippen molar-refractivity contribution < 1.29 is 0 Å². The van der Waals surface area contributed by atoms with Gasteiger partial charge in [0.1, 0.15) is 5.01 Å². The number of hydrogen-bond donors (Lipinski definition) is 2. The molecule has 20 heavy (non-hydrogen) atoms. The number of nitrogen functional groups attached to an aromatic ring is 1. The van der Waals surface area contributed by atoms with Gasteiger partial charge in [-0.25, -0.2) is 4.98 Å². The molecule has 3 N–H and O–H groups in total. The molecule has 1 aliphatic rings. The van der Waals surface area contributed by atoms with Gasteiger partial charge < -0.3 is 11.1 Å². The predicted molar refractivity (Wildman–Crippen MR) is 85.0 cm³/mol. The number of hydrogen-bond acceptors (Lipinski definition) is 4. The molecule has 0 amide bonds. The van der Waals surface area contributed by atoms with Crippen LogP contribution in [0.25, 0.3) is 0 Å². The Bertz CT molecular complexity index is 606. The van der Waals surface area contributed by atoms with Crippen molar-refractivity contribution in [3.05, 3.63) is 45.4 Å². The fourth-order valence-electron chi connectivity index (χ4n) is 2.87. The van der Waals surface area contributed by atoms with E-state index in [9.17, 15) is 0 Å². The maximum atomic E-state index is 5.86. The predicted octanol–water partition coefficient (Wildman–Crippen LogP) is 3.63. The number of nitrogens with one attached hydrogen (secondary N) is 1. The topological polar surface area (TPSA) is 50.9 Å². The summed E-state index contributed by atoms with van der Waals surface area (Å²) in [5.74, 6) is 0. The third kappa shape index (κ3) is 2.58. The van der Waals surface area contributed by atoms with Gasteiger partial charge in [-0.3, -0.25) is 0 Å². The molecule has 1 heterocycles. The van der Waals surface area contributed by atoms with E-state index in [2.05, 4.69) is 36.3 Å². The highest BCUT2D eigenvalue weighted by atomic mass is 32.1. The van der Waals surface area contributed by atoms with E-state index in [-0.39, 0.29) is 0 Å². The molecule has 0 spiro atoms. The highest BCUT2D eigenvalue weighted by Gasteiger charge is 2.24. The van der Waals surface area contributed by atoms with Gasteiger partial charge in [0.05, 0.1) is 6.04 Å². The molecule has 2 aromatic rings. The van der Waals surface area contributed by atoms with Gasteiger partial charge in [-0.1, -0.05) is 13.0 Å². The summed E-state index contributed by atoms with van der Waals surface area (Å²) in [6, 6.07) is 7.01. The minimum atomic E-state index is 0.300. The molecule has 1 aliphatic carbocycles. The molecule has 3 rings (SSSR count). The van der Waals surface area contributed by atoms with Crippen LogP contribution in [0.2, 0.25) is 0 Å². The fraction of sp³-hybridized carbons (Fsp3) is 0.438. The molecule has 4 heteroatoms. The first-order valence-corrected chi connectivity index (χ1v) is 8.08. The Morgan fingerprint density at radius 2 is 2.35 bits per heavy atom. The molecule has 0 fully saturated rings. The van der Waals surface area contributed by atoms with Crippen molar-refractivity contribution >= 4 is 17.0 Å². The first-order valence-electron chi connectivity index (χ1n) is 7.26. The summed E-state index contributed by atoms with van der Waals surface area (Å²) in [5.41, 5.74) is 9.52. The highest BCUT2D eigenvalue weighted by Crippen LogP contribution is 2.34. The van der Waals surface area contributed by atoms with Crippen LogP contribution in [0.15, 0.2) is 24.4 Å². The summed E-state index contributed by atoms with van der Waals surface area (Å²) in [6.45, 7) is 4.38. The number of nitrogens with two attached hydrogens (primary N) is 1. The van der Waals surface area contributed by atoms with E-state index in [0.717, 1.165) is 24.9 Å². The van der Waals surface area contributed by atoms with Crippen LogP contribution in [-0.2, 0) is 12.8 Å². The molecule has 1 aromatic heterocycles. The second-order valence-corrected chi connectivity index (χ2v) is 6.60. The van der Waals surface area contributed by atoms with Crippen molar-refractivity contribution in [1.82, 2.24) is 10.3 Å². The monoisotopic (exact) mass is 287 g/mol. The zero-order valence-electron chi connectivity index (χ0n) is 12.0. The fourth-order valence-corrected chi connectivity index (χ4v) is 3.74. The summed E-state index contributed by atoms with van der Waals surface area (Å²) in [4.78, 5) is 5.89. The Labute approximate surface area is 124 Å². The number of nitrogens with zero attached hydrogens (tertiary/aromatic N) is 1. The van der Waals surface area contributed by atoms with Crippen LogP contribution in [-0.4, -0.2) is 4.98 Å². The number of thiazole rings is 1. The first kappa shape index (κ1) is 13.6. The maximum Gasteiger partial charge on any atom is 0.109 e. The van der Waals surface area contributed by atoms with Crippen molar-refractivity contribution in [3.63, 3.8) is 0 Å². The number of aryl methyl sites for hydroxylation is 2. The maximum absolute atomic E-state index is 5.86. The standard InChI is InChI=1S/C16H21N3S/c1-3-13-9-18-16(20-13)10(2)19-15-7-4-11-8-12(17)5-6-14(11)15/h5-6,8-10,15,19H,3-4,7,17H2,1-2H3. The summed E-state index contributed by atoms with van der Waals surface area (Å²) in [7, 11) is 0. The second-order valence-electron chi connectivity index (χ2n) is 5.46. The van der Waals surface area contributed by atoms with Crippen LogP contribution in [0.4, 0.5) is 5.69 Å². The van der Waals surface area contributed by atoms with E-state index in [1.165, 1.54) is 21.0 Å². The van der Waals surface area contributed by atoms with Crippen LogP contribution in [0, 0.1) is 0 Å². The average Bonchev–Trinajstić information content (AvgIpc) is 3.05. The molecule has 0 saturated carbocycles. The van der Waals surface area contributed by atoms with Gasteiger partial charge in [-0.15, -0.1) is 11.3 Å². The molecule has 2 unspecified atom stereocenters. The van der Waals surface area contributed by atoms with E-state index >= 15 is 0 Å². The summed E-state index contributed by atoms with van der Waals surface area (Å²) >= 11 is 1.81. The number of fused-ring (bicyclic) bond motifs is 1. The molecular weight excluding hydrogens is 266 g/mol. The van der Waals surface area contributed by atoms with Crippen molar-refractivity contribution in [2.24, 2.45) is 0 Å². The SMILES string of the molecule is CCc1cnc(C(C)NC2CCc3cc(N)ccc32)s1. The van der Waals surface area contributed by atoms with E-state index in [0.29, 0.717) is 12.1 Å². The smallest absolute Gasteiger partial charge is 0.109 e. The van der Waals surface area contributed by atoms with Crippen molar-refractivity contribution in [2.45, 2.75) is 45.2 Å². The second kappa shape index (κ2) is 5.54. The molecule has 0 aliphatic heterocycles. The lowest BCUT2D eigenvalue weighted by atomic mass is 10.1. The van der Waals surface area contributed by atoms with Gasteiger partial charge in [0, 0.05) is 22.8 Å². The normalized spacial score (nSPS) is 19.0. The lowest BCUT2D eigenvalue weighted by Crippen LogP contribution is -2.22. The van der Waals surface area contributed by atoms with Crippen molar-refractivity contribution in [3.8, 4) is 0 Å². The Balaban J connectivity index is 1.73. The number of anilines is 1. The number of aromatic nitrogens is 1. The quantitative estimate of drug-likeness (QED) is 0.844. The molecule has 2 atom stereocenters. The Morgan fingerprint density at radius 3 is 3.10 bits per heavy atom. The largest absolute Gasteiger partial charge is 0.399 e. The van der Waals surface area contributed by atoms with Gasteiger partial charge >= 0.3 is 0 Å². The minimum Gasteiger partial charge on any atom is -0.399 e. The molecule has 0 bridgehead atoms. The van der Waals surface area contributed by atoms with Crippen LogP contribution in [0.1, 0.15) is 53.4 Å². The molecular formula is C16H21N3S. The van der Waals surface area contributed by atoms with Crippen LogP contribution >= 0.6 is 11.3 Å². The summed E-state index contributed by atoms with van der Waals surface area (Å²) in [5, 5.41) is 4.90. The average molecular weight is 287 g/mol. The van der Waals surface area contributed by atoms with Gasteiger partial charge in [0.2, 0.25) is 0 Å². The third-order valence-corrected chi connectivity index (χ3v) is 5.31. The number of benzene rings is 1. The van der Waals surface area contributed by atoms with Crippen molar-refractivity contribution in [2.75, 3.05) is 5.73 Å². The molecule has 0 radical (unpaired) electrons. The highest BCUT2D eigenvalue weighted by molar-refractivity contribution is 7.11. The minimum absolute atomic E-state index is 0.300. The summed E-state index contributed by atoms with van der Waals surface area (Å²) < 4.78 is 0. The van der Waals surface area contributed by atoms with Crippen LogP contribution in [0.5, 0.6) is 0 Å². The first-order chi connectivity index (χ1) is 9.67. The van der Waals surface area contributed by atoms with E-state index in [1.54, 1.807) is 0 Å². The van der Waals surface area contributed by atoms with Crippen molar-refractivity contribution in [1.29, 1.82) is 0 Å². The lowest BCUT2D eigenvalue weighted by Gasteiger charge is -2.19. The van der Waals surface area contributed by atoms with Crippen LogP contribution in [0.3, 0.4) is 0 Å². The molecule has 0 saturated heterocycles. The van der Waals surface area contributed by atoms with E-state index in [1.807, 2.05) is 23.6 Å². The molecule has 106 valence electrons. The van der Waals surface area contributed by atoms with Crippen LogP contribution < -0.4 is 11.1 Å². The third-order valence-electron chi connectivity index (χ3n) is 3.99. The Morgan fingerprint density at radius 1 is 1.50 bits per heavy atom. The zero-order chi connectivity index (χ0) is 14.1. The van der Waals surface area contributed by atoms with Gasteiger partial charge in [-0.05, 0) is 49.4 Å². The van der Waals surface area contributed by atoms with E-state index in [4.69, 9.17) is 5.73 Å². The lowest BCUT2D eigenvalue weighted by molar-refractivity contribution is 0.464. The van der Waals surface area contributed by atoms with Gasteiger partial charge in [0.25, 0.3) is 0 Å². The Kier molecular flexibility index (Phi) is 3.76. The molecule has 3 nitrogen and oxygen atoms in total. The molecule has 1 aromatic carbocycles.